The summed E-state index contributed by atoms with van der Waals surface area (Å²) in [5, 5.41) is 12.0. The second-order valence-corrected chi connectivity index (χ2v) is 5.04. The van der Waals surface area contributed by atoms with Gasteiger partial charge in [0.25, 0.3) is 0 Å². The molecule has 5 nitrogen and oxygen atoms in total. The zero-order valence-corrected chi connectivity index (χ0v) is 10.3. The van der Waals surface area contributed by atoms with E-state index in [2.05, 4.69) is 5.32 Å². The van der Waals surface area contributed by atoms with Crippen LogP contribution in [0.2, 0.25) is 0 Å². The molecule has 2 saturated heterocycles. The fraction of sp³-hybridized carbons (Fsp3) is 0.429. The van der Waals surface area contributed by atoms with Crippen molar-refractivity contribution in [1.82, 2.24) is 0 Å². The first-order valence-corrected chi connectivity index (χ1v) is 6.41. The molecule has 2 bridgehead atoms. The van der Waals surface area contributed by atoms with Crippen molar-refractivity contribution in [1.29, 1.82) is 0 Å². The van der Waals surface area contributed by atoms with Gasteiger partial charge in [-0.25, -0.2) is 0 Å². The van der Waals surface area contributed by atoms with Crippen molar-refractivity contribution >= 4 is 17.6 Å². The topological polar surface area (TPSA) is 75.6 Å². The molecular formula is C14H15NO4. The quantitative estimate of drug-likeness (QED) is 0.864. The summed E-state index contributed by atoms with van der Waals surface area (Å²) in [5.41, 5.74) is 0.680. The Bertz CT molecular complexity index is 501. The van der Waals surface area contributed by atoms with Crippen molar-refractivity contribution in [3.8, 4) is 0 Å². The van der Waals surface area contributed by atoms with E-state index in [0.717, 1.165) is 12.8 Å². The third-order valence-electron chi connectivity index (χ3n) is 3.90. The highest BCUT2D eigenvalue weighted by molar-refractivity contribution is 5.96. The molecule has 100 valence electrons. The molecule has 2 N–H and O–H groups in total. The molecule has 1 amide bonds. The van der Waals surface area contributed by atoms with Gasteiger partial charge in [0.15, 0.2) is 0 Å². The summed E-state index contributed by atoms with van der Waals surface area (Å²) in [6.07, 6.45) is 0.932. The number of fused-ring (bicyclic) bond motifs is 2. The van der Waals surface area contributed by atoms with Crippen molar-refractivity contribution < 1.29 is 19.4 Å². The van der Waals surface area contributed by atoms with Crippen LogP contribution in [0.25, 0.3) is 0 Å². The summed E-state index contributed by atoms with van der Waals surface area (Å²) in [4.78, 5) is 23.6. The average Bonchev–Trinajstić information content (AvgIpc) is 2.99. The molecule has 2 heterocycles. The summed E-state index contributed by atoms with van der Waals surface area (Å²) >= 11 is 0. The molecule has 2 fully saturated rings. The van der Waals surface area contributed by atoms with E-state index < -0.39 is 17.8 Å². The molecular weight excluding hydrogens is 246 g/mol. The first-order valence-electron chi connectivity index (χ1n) is 6.41. The van der Waals surface area contributed by atoms with E-state index in [9.17, 15) is 14.7 Å². The third-order valence-corrected chi connectivity index (χ3v) is 3.90. The predicted octanol–water partition coefficient (Wildman–Crippen LogP) is 1.50. The number of hydrogen-bond acceptors (Lipinski definition) is 3. The Balaban J connectivity index is 1.77. The summed E-state index contributed by atoms with van der Waals surface area (Å²) in [6, 6.07) is 9.06. The van der Waals surface area contributed by atoms with E-state index >= 15 is 0 Å². The lowest BCUT2D eigenvalue weighted by atomic mass is 9.78. The second kappa shape index (κ2) is 4.66. The third kappa shape index (κ3) is 2.10. The van der Waals surface area contributed by atoms with Crippen LogP contribution >= 0.6 is 0 Å². The zero-order chi connectivity index (χ0) is 13.4. The predicted molar refractivity (Wildman–Crippen MR) is 67.6 cm³/mol. The summed E-state index contributed by atoms with van der Waals surface area (Å²) < 4.78 is 5.58. The first kappa shape index (κ1) is 12.2. The monoisotopic (exact) mass is 261 g/mol. The lowest BCUT2D eigenvalue weighted by Crippen LogP contribution is -2.40. The van der Waals surface area contributed by atoms with Crippen LogP contribution in [0.15, 0.2) is 30.3 Å². The van der Waals surface area contributed by atoms with Gasteiger partial charge in [0, 0.05) is 5.69 Å². The van der Waals surface area contributed by atoms with Gasteiger partial charge in [0.2, 0.25) is 5.91 Å². The molecule has 19 heavy (non-hydrogen) atoms. The van der Waals surface area contributed by atoms with Gasteiger partial charge in [-0.3, -0.25) is 9.59 Å². The van der Waals surface area contributed by atoms with Gasteiger partial charge in [-0.2, -0.15) is 0 Å². The lowest BCUT2D eigenvalue weighted by Gasteiger charge is -2.23. The normalized spacial score (nSPS) is 32.2. The number of aliphatic carboxylic acids is 1. The Kier molecular flexibility index (Phi) is 2.98. The van der Waals surface area contributed by atoms with Crippen LogP contribution in [0.3, 0.4) is 0 Å². The zero-order valence-electron chi connectivity index (χ0n) is 10.3. The number of amides is 1. The number of carbonyl (C=O) groups excluding carboxylic acids is 1. The molecule has 0 radical (unpaired) electrons. The summed E-state index contributed by atoms with van der Waals surface area (Å²) in [6.45, 7) is 0. The summed E-state index contributed by atoms with van der Waals surface area (Å²) in [7, 11) is 0. The maximum absolute atomic E-state index is 12.3. The maximum atomic E-state index is 12.3. The highest BCUT2D eigenvalue weighted by Gasteiger charge is 2.55. The molecule has 2 aliphatic heterocycles. The molecule has 0 aliphatic carbocycles. The number of hydrogen-bond donors (Lipinski definition) is 2. The van der Waals surface area contributed by atoms with E-state index in [1.807, 2.05) is 18.2 Å². The highest BCUT2D eigenvalue weighted by atomic mass is 16.5. The Morgan fingerprint density at radius 3 is 2.37 bits per heavy atom. The van der Waals surface area contributed by atoms with Gasteiger partial charge in [0.1, 0.15) is 0 Å². The Labute approximate surface area is 110 Å². The number of carboxylic acids is 1. The SMILES string of the molecule is O=C(O)[C@@H]1[C@@H](C(=O)Nc2ccccc2)[C@H]2CC[C@H]1O2. The van der Waals surface area contributed by atoms with Crippen LogP contribution in [0, 0.1) is 11.8 Å². The largest absolute Gasteiger partial charge is 0.481 e. The van der Waals surface area contributed by atoms with Gasteiger partial charge < -0.3 is 15.2 Å². The molecule has 0 unspecified atom stereocenters. The standard InChI is InChI=1S/C14H15NO4/c16-13(15-8-4-2-1-3-5-8)11-9-6-7-10(19-9)12(11)14(17)18/h1-5,9-12H,6-7H2,(H,15,16)(H,17,18)/t9-,10-,11+,12+/m1/s1. The fourth-order valence-electron chi connectivity index (χ4n) is 3.07. The van der Waals surface area contributed by atoms with Crippen LogP contribution in [0.1, 0.15) is 12.8 Å². The van der Waals surface area contributed by atoms with Crippen LogP contribution in [-0.4, -0.2) is 29.2 Å². The number of nitrogens with one attached hydrogen (secondary N) is 1. The molecule has 3 rings (SSSR count). The molecule has 2 aliphatic rings. The maximum Gasteiger partial charge on any atom is 0.310 e. The Morgan fingerprint density at radius 2 is 1.74 bits per heavy atom. The van der Waals surface area contributed by atoms with Crippen molar-refractivity contribution in [2.45, 2.75) is 25.0 Å². The van der Waals surface area contributed by atoms with E-state index in [1.165, 1.54) is 0 Å². The number of benzene rings is 1. The Morgan fingerprint density at radius 1 is 1.11 bits per heavy atom. The van der Waals surface area contributed by atoms with Crippen molar-refractivity contribution in [2.24, 2.45) is 11.8 Å². The van der Waals surface area contributed by atoms with Crippen molar-refractivity contribution in [3.05, 3.63) is 30.3 Å². The van der Waals surface area contributed by atoms with Gasteiger partial charge in [-0.1, -0.05) is 18.2 Å². The molecule has 4 atom stereocenters. The summed E-state index contributed by atoms with van der Waals surface area (Å²) in [5.74, 6) is -2.51. The van der Waals surface area contributed by atoms with Crippen LogP contribution in [-0.2, 0) is 14.3 Å². The highest BCUT2D eigenvalue weighted by Crippen LogP contribution is 2.44. The van der Waals surface area contributed by atoms with E-state index in [1.54, 1.807) is 12.1 Å². The van der Waals surface area contributed by atoms with Gasteiger partial charge in [-0.15, -0.1) is 0 Å². The number of carboxylic acid groups (broad SMARTS) is 1. The minimum Gasteiger partial charge on any atom is -0.481 e. The van der Waals surface area contributed by atoms with Crippen LogP contribution < -0.4 is 5.32 Å². The Hall–Kier alpha value is -1.88. The van der Waals surface area contributed by atoms with Gasteiger partial charge >= 0.3 is 5.97 Å². The molecule has 5 heteroatoms. The molecule has 0 spiro atoms. The van der Waals surface area contributed by atoms with Crippen LogP contribution in [0.5, 0.6) is 0 Å². The first-order chi connectivity index (χ1) is 9.16. The molecule has 0 saturated carbocycles. The molecule has 0 aromatic heterocycles. The number of carbonyl (C=O) groups is 2. The smallest absolute Gasteiger partial charge is 0.310 e. The van der Waals surface area contributed by atoms with Gasteiger partial charge in [-0.05, 0) is 25.0 Å². The average molecular weight is 261 g/mol. The lowest BCUT2D eigenvalue weighted by molar-refractivity contribution is -0.147. The van der Waals surface area contributed by atoms with Crippen molar-refractivity contribution in [3.63, 3.8) is 0 Å². The number of para-hydroxylation sites is 1. The van der Waals surface area contributed by atoms with Crippen molar-refractivity contribution in [2.75, 3.05) is 5.32 Å². The number of anilines is 1. The minimum absolute atomic E-state index is 0.255. The number of ether oxygens (including phenoxy) is 1. The van der Waals surface area contributed by atoms with E-state index in [-0.39, 0.29) is 18.1 Å². The van der Waals surface area contributed by atoms with Gasteiger partial charge in [0.05, 0.1) is 24.0 Å². The van der Waals surface area contributed by atoms with Crippen LogP contribution in [0.4, 0.5) is 5.69 Å². The molecule has 1 aromatic rings. The van der Waals surface area contributed by atoms with E-state index in [4.69, 9.17) is 4.74 Å². The minimum atomic E-state index is -0.944. The second-order valence-electron chi connectivity index (χ2n) is 5.04. The molecule has 1 aromatic carbocycles. The number of rotatable bonds is 3. The van der Waals surface area contributed by atoms with E-state index in [0.29, 0.717) is 5.69 Å². The fourth-order valence-corrected chi connectivity index (χ4v) is 3.07.